The Morgan fingerprint density at radius 2 is 1.90 bits per heavy atom. The van der Waals surface area contributed by atoms with E-state index in [4.69, 9.17) is 9.15 Å². The van der Waals surface area contributed by atoms with Gasteiger partial charge in [0.25, 0.3) is 0 Å². The summed E-state index contributed by atoms with van der Waals surface area (Å²) in [6, 6.07) is 3.23. The molecule has 0 amide bonds. The molecule has 0 fully saturated rings. The Kier molecular flexibility index (Phi) is 8.04. The molecule has 1 aromatic heterocycles. The van der Waals surface area contributed by atoms with Crippen LogP contribution in [-0.2, 0) is 0 Å². The second-order valence-electron chi connectivity index (χ2n) is 5.26. The van der Waals surface area contributed by atoms with Gasteiger partial charge in [0.15, 0.2) is 5.76 Å². The minimum Gasteiger partial charge on any atom is -0.493 e. The van der Waals surface area contributed by atoms with E-state index in [0.29, 0.717) is 18.1 Å². The van der Waals surface area contributed by atoms with Crippen molar-refractivity contribution >= 4 is 0 Å². The Balaban J connectivity index is 2.47. The average Bonchev–Trinajstić information content (AvgIpc) is 2.42. The normalized spacial score (nSPS) is 12.3. The highest BCUT2D eigenvalue weighted by atomic mass is 16.5. The molecule has 0 aromatic carbocycles. The minimum atomic E-state index is -0.353. The molecule has 1 atom stereocenters. The Bertz CT molecular complexity index is 428. The molecule has 0 saturated heterocycles. The predicted molar refractivity (Wildman–Crippen MR) is 79.8 cm³/mol. The van der Waals surface area contributed by atoms with Gasteiger partial charge >= 0.3 is 5.63 Å². The molecule has 4 heteroatoms. The molecule has 0 aliphatic rings. The molecular weight excluding hydrogens is 254 g/mol. The zero-order chi connectivity index (χ0) is 14.8. The number of unbranched alkanes of at least 4 members (excludes halogenated alkanes) is 4. The van der Waals surface area contributed by atoms with E-state index in [0.717, 1.165) is 19.3 Å². The lowest BCUT2D eigenvalue weighted by atomic mass is 10.1. The molecule has 1 heterocycles. The van der Waals surface area contributed by atoms with Crippen molar-refractivity contribution in [2.45, 2.75) is 64.8 Å². The van der Waals surface area contributed by atoms with Crippen molar-refractivity contribution in [2.24, 2.45) is 0 Å². The van der Waals surface area contributed by atoms with Gasteiger partial charge in [-0.25, -0.2) is 4.79 Å². The third-order valence-corrected chi connectivity index (χ3v) is 3.32. The lowest BCUT2D eigenvalue weighted by Crippen LogP contribution is -2.53. The third-order valence-electron chi connectivity index (χ3n) is 3.32. The number of quaternary nitrogens is 1. The summed E-state index contributed by atoms with van der Waals surface area (Å²) in [7, 11) is 0. The van der Waals surface area contributed by atoms with Gasteiger partial charge in [0.05, 0.1) is 12.7 Å². The van der Waals surface area contributed by atoms with Gasteiger partial charge < -0.3 is 14.9 Å². The van der Waals surface area contributed by atoms with Crippen molar-refractivity contribution in [3.63, 3.8) is 0 Å². The second-order valence-corrected chi connectivity index (χ2v) is 5.26. The van der Waals surface area contributed by atoms with Crippen LogP contribution in [0.2, 0.25) is 0 Å². The van der Waals surface area contributed by atoms with Crippen LogP contribution in [0.5, 0.6) is 5.75 Å². The van der Waals surface area contributed by atoms with Gasteiger partial charge in [0, 0.05) is 12.5 Å². The summed E-state index contributed by atoms with van der Waals surface area (Å²) in [6.45, 7) is 4.95. The molecule has 0 aliphatic carbocycles. The van der Waals surface area contributed by atoms with Gasteiger partial charge in [-0.05, 0) is 6.42 Å². The van der Waals surface area contributed by atoms with Crippen molar-refractivity contribution < 1.29 is 14.9 Å². The zero-order valence-electron chi connectivity index (χ0n) is 12.8. The molecule has 4 nitrogen and oxygen atoms in total. The lowest BCUT2D eigenvalue weighted by molar-refractivity contribution is -0.432. The first kappa shape index (κ1) is 16.8. The third kappa shape index (κ3) is 6.24. The van der Waals surface area contributed by atoms with Crippen LogP contribution in [0.4, 0.5) is 0 Å². The summed E-state index contributed by atoms with van der Waals surface area (Å²) >= 11 is 0. The van der Waals surface area contributed by atoms with Gasteiger partial charge in [-0.15, -0.1) is 0 Å². The molecule has 0 bridgehead atoms. The SMILES string of the molecule is CCCCCCCOc1cc([C@H]([NH3+])CCC)oc(=O)c1. The van der Waals surface area contributed by atoms with E-state index >= 15 is 0 Å². The van der Waals surface area contributed by atoms with E-state index in [1.165, 1.54) is 31.7 Å². The Morgan fingerprint density at radius 1 is 1.15 bits per heavy atom. The van der Waals surface area contributed by atoms with Crippen molar-refractivity contribution in [3.8, 4) is 5.75 Å². The van der Waals surface area contributed by atoms with Crippen LogP contribution in [-0.4, -0.2) is 6.61 Å². The Morgan fingerprint density at radius 3 is 2.60 bits per heavy atom. The highest BCUT2D eigenvalue weighted by Gasteiger charge is 2.13. The van der Waals surface area contributed by atoms with Crippen LogP contribution in [0.15, 0.2) is 21.3 Å². The van der Waals surface area contributed by atoms with Crippen LogP contribution < -0.4 is 16.1 Å². The van der Waals surface area contributed by atoms with E-state index in [2.05, 4.69) is 19.6 Å². The standard InChI is InChI=1S/C16H27NO3/c1-3-5-6-7-8-10-19-13-11-15(14(17)9-4-2)20-16(18)12-13/h11-12,14H,3-10,17H2,1-2H3/p+1/t14-/m1/s1. The topological polar surface area (TPSA) is 67.1 Å². The fraction of sp³-hybridized carbons (Fsp3) is 0.688. The smallest absolute Gasteiger partial charge is 0.339 e. The summed E-state index contributed by atoms with van der Waals surface area (Å²) in [5.74, 6) is 1.23. The van der Waals surface area contributed by atoms with E-state index < -0.39 is 0 Å². The number of rotatable bonds is 10. The number of hydrogen-bond acceptors (Lipinski definition) is 3. The van der Waals surface area contributed by atoms with Crippen LogP contribution >= 0.6 is 0 Å². The van der Waals surface area contributed by atoms with Gasteiger partial charge in [-0.2, -0.15) is 0 Å². The molecule has 114 valence electrons. The van der Waals surface area contributed by atoms with Crippen molar-refractivity contribution in [1.82, 2.24) is 0 Å². The minimum absolute atomic E-state index is 0.0146. The van der Waals surface area contributed by atoms with Crippen molar-refractivity contribution in [3.05, 3.63) is 28.3 Å². The molecule has 1 rings (SSSR count). The van der Waals surface area contributed by atoms with Crippen LogP contribution in [0, 0.1) is 0 Å². The van der Waals surface area contributed by atoms with Crippen LogP contribution in [0.25, 0.3) is 0 Å². The zero-order valence-corrected chi connectivity index (χ0v) is 12.8. The fourth-order valence-corrected chi connectivity index (χ4v) is 2.14. The molecule has 0 unspecified atom stereocenters. The maximum atomic E-state index is 11.5. The van der Waals surface area contributed by atoms with Crippen LogP contribution in [0.3, 0.4) is 0 Å². The van der Waals surface area contributed by atoms with Gasteiger partial charge in [0.2, 0.25) is 0 Å². The molecule has 20 heavy (non-hydrogen) atoms. The Hall–Kier alpha value is -1.29. The van der Waals surface area contributed by atoms with Gasteiger partial charge in [-0.1, -0.05) is 46.0 Å². The fourth-order valence-electron chi connectivity index (χ4n) is 2.14. The molecular formula is C16H28NO3+. The van der Waals surface area contributed by atoms with E-state index in [1.54, 1.807) is 6.07 Å². The first-order valence-corrected chi connectivity index (χ1v) is 7.78. The van der Waals surface area contributed by atoms with Crippen LogP contribution in [0.1, 0.15) is 70.6 Å². The summed E-state index contributed by atoms with van der Waals surface area (Å²) in [5, 5.41) is 0. The molecule has 1 aromatic rings. The average molecular weight is 282 g/mol. The molecule has 0 aliphatic heterocycles. The molecule has 0 saturated carbocycles. The lowest BCUT2D eigenvalue weighted by Gasteiger charge is -2.09. The van der Waals surface area contributed by atoms with Crippen molar-refractivity contribution in [1.29, 1.82) is 0 Å². The van der Waals surface area contributed by atoms with Gasteiger partial charge in [0.1, 0.15) is 11.8 Å². The number of ether oxygens (including phenoxy) is 1. The maximum Gasteiger partial charge on any atom is 0.339 e. The largest absolute Gasteiger partial charge is 0.493 e. The highest BCUT2D eigenvalue weighted by Crippen LogP contribution is 2.18. The van der Waals surface area contributed by atoms with E-state index in [-0.39, 0.29) is 11.7 Å². The predicted octanol–water partition coefficient (Wildman–Crippen LogP) is 3.07. The summed E-state index contributed by atoms with van der Waals surface area (Å²) in [4.78, 5) is 11.5. The first-order chi connectivity index (χ1) is 9.67. The molecule has 0 radical (unpaired) electrons. The van der Waals surface area contributed by atoms with Crippen molar-refractivity contribution in [2.75, 3.05) is 6.61 Å². The maximum absolute atomic E-state index is 11.5. The second kappa shape index (κ2) is 9.59. The summed E-state index contributed by atoms with van der Waals surface area (Å²) in [6.07, 6.45) is 7.89. The van der Waals surface area contributed by atoms with E-state index in [1.807, 2.05) is 0 Å². The summed E-state index contributed by atoms with van der Waals surface area (Å²) in [5.41, 5.74) is 3.67. The Labute approximate surface area is 121 Å². The van der Waals surface area contributed by atoms with Gasteiger partial charge in [-0.3, -0.25) is 0 Å². The first-order valence-electron chi connectivity index (χ1n) is 7.78. The molecule has 0 spiro atoms. The van der Waals surface area contributed by atoms with E-state index in [9.17, 15) is 4.79 Å². The quantitative estimate of drug-likeness (QED) is 0.671. The molecule has 3 N–H and O–H groups in total. The monoisotopic (exact) mass is 282 g/mol. The number of hydrogen-bond donors (Lipinski definition) is 1. The highest BCUT2D eigenvalue weighted by molar-refractivity contribution is 5.21. The summed E-state index contributed by atoms with van der Waals surface area (Å²) < 4.78 is 10.8.